The predicted molar refractivity (Wildman–Crippen MR) is 525 cm³/mol. The Morgan fingerprint density at radius 3 is 0.928 bits per heavy atom. The van der Waals surface area contributed by atoms with Gasteiger partial charge in [0.1, 0.15) is 58.8 Å². The van der Waals surface area contributed by atoms with E-state index in [0.29, 0.717) is 69.8 Å². The van der Waals surface area contributed by atoms with Crippen molar-refractivity contribution in [1.82, 2.24) is 40.6 Å². The van der Waals surface area contributed by atoms with E-state index in [1.807, 2.05) is 110 Å². The van der Waals surface area contributed by atoms with Gasteiger partial charge in [0.15, 0.2) is 29.5 Å². The van der Waals surface area contributed by atoms with Crippen molar-refractivity contribution >= 4 is 65.0 Å². The summed E-state index contributed by atoms with van der Waals surface area (Å²) < 4.78 is 164. The lowest BCUT2D eigenvalue weighted by Gasteiger charge is -2.32. The molecule has 9 rings (SSSR count). The minimum absolute atomic E-state index is 0.0146. The van der Waals surface area contributed by atoms with Crippen LogP contribution >= 0.6 is 0 Å². The van der Waals surface area contributed by atoms with E-state index in [0.717, 1.165) is 102 Å². The smallest absolute Gasteiger partial charge is 0.253 e. The fourth-order valence-electron chi connectivity index (χ4n) is 16.0. The van der Waals surface area contributed by atoms with Crippen molar-refractivity contribution in [3.8, 4) is 5.75 Å². The summed E-state index contributed by atoms with van der Waals surface area (Å²) in [4.78, 5) is 94.2. The Bertz CT molecular complexity index is 5760. The lowest BCUT2D eigenvalue weighted by atomic mass is 10.0. The topological polar surface area (TPSA) is 435 Å². The average molecular weight is 1990 g/mol. The summed E-state index contributed by atoms with van der Waals surface area (Å²) >= 11 is 0. The maximum atomic E-state index is 14.4. The summed E-state index contributed by atoms with van der Waals surface area (Å²) in [7, 11) is -11.5. The summed E-state index contributed by atoms with van der Waals surface area (Å²) in [5.41, 5.74) is 24.9. The number of sulfone groups is 3. The predicted octanol–water partition coefficient (Wildman–Crippen LogP) is 12.2. The van der Waals surface area contributed by atoms with Crippen molar-refractivity contribution in [1.29, 1.82) is 0 Å². The van der Waals surface area contributed by atoms with Crippen LogP contribution in [0.2, 0.25) is 0 Å². The molecule has 13 N–H and O–H groups in total. The van der Waals surface area contributed by atoms with Crippen LogP contribution < -0.4 is 33.2 Å². The highest BCUT2D eigenvalue weighted by atomic mass is 32.2. The summed E-state index contributed by atoms with van der Waals surface area (Å²) in [6.45, 7) is 14.2. The minimum Gasteiger partial charge on any atom is -0.508 e. The molecule has 36 heteroatoms. The third kappa shape index (κ3) is 38.3. The van der Waals surface area contributed by atoms with Crippen LogP contribution in [0.5, 0.6) is 5.75 Å². The van der Waals surface area contributed by atoms with E-state index in [1.54, 1.807) is 30.3 Å². The zero-order valence-electron chi connectivity index (χ0n) is 79.9. The number of aromatic nitrogens is 2. The summed E-state index contributed by atoms with van der Waals surface area (Å²) in [5, 5.41) is 49.8. The van der Waals surface area contributed by atoms with Gasteiger partial charge in [-0.2, -0.15) is 0 Å². The van der Waals surface area contributed by atoms with E-state index in [9.17, 15) is 101 Å². The number of nitrogens with zero attached hydrogens (tertiary/aromatic N) is 5. The number of carbonyl (C=O) groups excluding carboxylic acids is 6. The van der Waals surface area contributed by atoms with Crippen molar-refractivity contribution in [2.24, 2.45) is 17.2 Å². The molecule has 0 unspecified atom stereocenters. The molecule has 0 aliphatic rings. The Balaban J connectivity index is 0.000000284. The molecule has 756 valence electrons. The molecular weight excluding hydrogens is 1860 g/mol. The first-order valence-corrected chi connectivity index (χ1v) is 52.2. The van der Waals surface area contributed by atoms with Gasteiger partial charge in [-0.15, -0.1) is 0 Å². The molecule has 9 aromatic rings. The van der Waals surface area contributed by atoms with Crippen molar-refractivity contribution in [3.63, 3.8) is 0 Å². The number of rotatable bonds is 52. The number of hydrogen-bond acceptors (Lipinski definition) is 21. The Kier molecular flexibility index (Phi) is 46.8. The standard InChI is InChI=1S/C36H47F2N3O6S.C35H46F2N4O5S.C32H40F2N4O5S/c1-4-9-31(10-5-2)48(46,47)23-33(40-35(44)27-13-8-14-30(42)19-27)36(45)41(21-25-12-7-11-24(6-3)15-25)22-34(43)32(39)18-26-16-28(37)20-29(38)17-26;1-4-9-30(10-5-2)47(45,46)23-32(40-34(43)27-13-8-14-39-20-27)35(44)41(21-25-12-7-11-24(6-3)15-25)22-33(42)31(38)18-26-16-28(36)19-29(37)17-26;1-3-5-12-44(42,43)21-29(37-31(40)25-10-7-11-36-18-25)32(41)38(19-23-9-6-8-22(4-2)13-23)20-30(39)28(35)16-24-14-26(33)17-27(34)15-24/h7-8,11-17,19-20,31-34,42-43H,4-6,9-10,18,21-23,39H2,1-3H3,(H,40,44);7-8,11-17,19-20,30-33,42H,4-6,9-10,18,21-23,38H2,1-3H3,(H,40,43);6-11,13-15,17-18,28-30,39H,3-5,12,16,19-21,35H2,1-2H3,(H,37,40)/t32-,33+,34+;31-,32+,33+;28-,29+,30+/m000/s1. The van der Waals surface area contributed by atoms with E-state index in [1.165, 1.54) is 75.9 Å². The number of nitrogens with two attached hydrogens (primary N) is 3. The van der Waals surface area contributed by atoms with Crippen molar-refractivity contribution < 1.29 is 101 Å². The molecule has 0 saturated carbocycles. The zero-order valence-corrected chi connectivity index (χ0v) is 82.4. The van der Waals surface area contributed by atoms with Crippen LogP contribution in [0, 0.1) is 34.9 Å². The van der Waals surface area contributed by atoms with Gasteiger partial charge in [-0.05, 0) is 200 Å². The molecule has 2 aromatic heterocycles. The molecule has 2 heterocycles. The number of aliphatic hydroxyl groups is 3. The van der Waals surface area contributed by atoms with Crippen LogP contribution in [0.25, 0.3) is 0 Å². The van der Waals surface area contributed by atoms with E-state index < -0.39 is 182 Å². The number of unbranched alkanes of at least 4 members (excludes halogenated alkanes) is 1. The molecule has 9 atom stereocenters. The van der Waals surface area contributed by atoms with Gasteiger partial charge in [-0.25, -0.2) is 51.6 Å². The van der Waals surface area contributed by atoms with Gasteiger partial charge < -0.3 is 68.3 Å². The number of aliphatic hydroxyl groups excluding tert-OH is 3. The molecule has 7 aromatic carbocycles. The minimum atomic E-state index is -3.91. The van der Waals surface area contributed by atoms with Gasteiger partial charge in [-0.1, -0.05) is 166 Å². The van der Waals surface area contributed by atoms with Crippen LogP contribution in [0.15, 0.2) is 201 Å². The highest BCUT2D eigenvalue weighted by Crippen LogP contribution is 2.26. The van der Waals surface area contributed by atoms with Gasteiger partial charge in [0.25, 0.3) is 17.7 Å². The number of aromatic hydroxyl groups is 1. The highest BCUT2D eigenvalue weighted by molar-refractivity contribution is 7.92. The third-order valence-corrected chi connectivity index (χ3v) is 29.7. The van der Waals surface area contributed by atoms with Crippen LogP contribution in [-0.4, -0.2) is 213 Å². The number of pyridine rings is 2. The molecule has 0 fully saturated rings. The number of carbonyl (C=O) groups is 6. The molecule has 6 amide bonds. The number of phenols is 1. The fraction of sp³-hybridized carbons (Fsp3) is 0.437. The van der Waals surface area contributed by atoms with Gasteiger partial charge >= 0.3 is 0 Å². The average Bonchev–Trinajstić information content (AvgIpc) is 0.974. The number of amides is 6. The van der Waals surface area contributed by atoms with Crippen LogP contribution in [0.1, 0.15) is 201 Å². The van der Waals surface area contributed by atoms with Gasteiger partial charge in [0.2, 0.25) is 17.7 Å². The van der Waals surface area contributed by atoms with Crippen LogP contribution in [0.3, 0.4) is 0 Å². The summed E-state index contributed by atoms with van der Waals surface area (Å²) in [6.07, 6.45) is 8.46. The van der Waals surface area contributed by atoms with Crippen LogP contribution in [0.4, 0.5) is 26.3 Å². The molecule has 139 heavy (non-hydrogen) atoms. The highest BCUT2D eigenvalue weighted by Gasteiger charge is 2.40. The normalized spacial score (nSPS) is 13.6. The number of phenolic OH excluding ortho intramolecular Hbond substituents is 1. The van der Waals surface area contributed by atoms with E-state index >= 15 is 0 Å². The first-order chi connectivity index (χ1) is 66.0. The Morgan fingerprint density at radius 1 is 0.360 bits per heavy atom. The molecule has 0 aliphatic carbocycles. The quantitative estimate of drug-likeness (QED) is 0.0158. The molecule has 0 aliphatic heterocycles. The monoisotopic (exact) mass is 1990 g/mol. The zero-order chi connectivity index (χ0) is 102. The second-order valence-corrected chi connectivity index (χ2v) is 41.8. The van der Waals surface area contributed by atoms with Gasteiger partial charge in [-0.3, -0.25) is 38.7 Å². The molecule has 0 saturated heterocycles. The van der Waals surface area contributed by atoms with Gasteiger partial charge in [0, 0.05) is 106 Å². The van der Waals surface area contributed by atoms with Gasteiger partial charge in [0.05, 0.1) is 63.0 Å². The number of nitrogens with one attached hydrogen (secondary N) is 3. The maximum Gasteiger partial charge on any atom is 0.253 e. The largest absolute Gasteiger partial charge is 0.508 e. The Morgan fingerprint density at radius 2 is 0.647 bits per heavy atom. The number of hydrogen-bond donors (Lipinski definition) is 10. The molecule has 27 nitrogen and oxygen atoms in total. The fourth-order valence-corrected chi connectivity index (χ4v) is 21.9. The van der Waals surface area contributed by atoms with E-state index in [-0.39, 0.29) is 103 Å². The Labute approximate surface area is 812 Å². The SMILES string of the molecule is CCCC(CCC)S(=O)(=O)C[C@@H](NC(=O)c1cccc(O)c1)C(=O)N(Cc1cccc(CC)c1)C[C@@H](O)[C@@H](N)Cc1cc(F)cc(F)c1.CCCC(CCC)S(=O)(=O)C[C@@H](NC(=O)c1cccnc1)C(=O)N(Cc1cccc(CC)c1)C[C@@H](O)[C@@H](N)Cc1cc(F)cc(F)c1.CCCCS(=O)(=O)C[C@@H](NC(=O)c1cccnc1)C(=O)N(Cc1cccc(CC)c1)C[C@@H](O)[C@@H](N)Cc1cc(F)cc(F)c1. The number of halogens is 6. The lowest BCUT2D eigenvalue weighted by molar-refractivity contribution is -0.135. The number of aryl methyl sites for hydroxylation is 3. The first kappa shape index (κ1) is 115. The van der Waals surface area contributed by atoms with Crippen molar-refractivity contribution in [2.45, 2.75) is 243 Å². The van der Waals surface area contributed by atoms with E-state index in [4.69, 9.17) is 17.2 Å². The third-order valence-electron chi connectivity index (χ3n) is 23.4. The van der Waals surface area contributed by atoms with Crippen molar-refractivity contribution in [2.75, 3.05) is 42.6 Å². The second-order valence-electron chi connectivity index (χ2n) is 35.0. The molecule has 0 radical (unpaired) electrons. The molecular formula is C103H133F6N11O16S3. The summed E-state index contributed by atoms with van der Waals surface area (Å²) in [5.74, 6) is -11.4. The lowest BCUT2D eigenvalue weighted by Crippen LogP contribution is -2.55. The number of benzene rings is 7. The van der Waals surface area contributed by atoms with Crippen LogP contribution in [-0.2, 0) is 102 Å². The van der Waals surface area contributed by atoms with Crippen molar-refractivity contribution in [3.05, 3.63) is 302 Å². The summed E-state index contributed by atoms with van der Waals surface area (Å²) in [6, 6.07) is 35.1. The molecule has 0 spiro atoms. The maximum absolute atomic E-state index is 14.4. The molecule has 0 bridgehead atoms. The second kappa shape index (κ2) is 56.8. The Hall–Kier alpha value is -11.4. The first-order valence-electron chi connectivity index (χ1n) is 46.9. The van der Waals surface area contributed by atoms with E-state index in [2.05, 4.69) is 25.9 Å².